The van der Waals surface area contributed by atoms with Gasteiger partial charge in [-0.15, -0.1) is 0 Å². The summed E-state index contributed by atoms with van der Waals surface area (Å²) in [5.74, 6) is 0.343. The van der Waals surface area contributed by atoms with Gasteiger partial charge in [-0.25, -0.2) is 0 Å². The topological polar surface area (TPSA) is 61.9 Å². The summed E-state index contributed by atoms with van der Waals surface area (Å²) < 4.78 is 5.29. The first kappa shape index (κ1) is 21.7. The van der Waals surface area contributed by atoms with Crippen LogP contribution in [0.3, 0.4) is 0 Å². The molecule has 2 aromatic rings. The average molecular weight is 410 g/mol. The average Bonchev–Trinajstić information content (AvgIpc) is 2.73. The molecular formula is C24H31N3O3. The molecule has 160 valence electrons. The van der Waals surface area contributed by atoms with Crippen LogP contribution in [0.15, 0.2) is 42.5 Å². The first-order valence-corrected chi connectivity index (χ1v) is 10.6. The Labute approximate surface area is 178 Å². The smallest absolute Gasteiger partial charge is 0.244 e. The quantitative estimate of drug-likeness (QED) is 0.723. The van der Waals surface area contributed by atoms with Crippen molar-refractivity contribution in [2.75, 3.05) is 43.5 Å². The van der Waals surface area contributed by atoms with Gasteiger partial charge < -0.3 is 19.9 Å². The number of para-hydroxylation sites is 2. The monoisotopic (exact) mass is 409 g/mol. The van der Waals surface area contributed by atoms with Gasteiger partial charge in [-0.3, -0.25) is 9.59 Å². The van der Waals surface area contributed by atoms with Crippen LogP contribution in [0.5, 0.6) is 5.75 Å². The number of methoxy groups -OCH3 is 1. The number of rotatable bonds is 8. The zero-order chi connectivity index (χ0) is 21.5. The van der Waals surface area contributed by atoms with Gasteiger partial charge in [0, 0.05) is 18.8 Å². The van der Waals surface area contributed by atoms with E-state index < -0.39 is 0 Å². The minimum atomic E-state index is -0.226. The highest BCUT2D eigenvalue weighted by atomic mass is 16.5. The highest BCUT2D eigenvalue weighted by molar-refractivity contribution is 5.96. The Kier molecular flexibility index (Phi) is 7.33. The van der Waals surface area contributed by atoms with E-state index in [1.165, 1.54) is 11.1 Å². The Morgan fingerprint density at radius 3 is 2.77 bits per heavy atom. The number of hydrogen-bond acceptors (Lipinski definition) is 4. The van der Waals surface area contributed by atoms with E-state index >= 15 is 0 Å². The van der Waals surface area contributed by atoms with Gasteiger partial charge in [0.1, 0.15) is 5.75 Å². The summed E-state index contributed by atoms with van der Waals surface area (Å²) in [7, 11) is 1.57. The van der Waals surface area contributed by atoms with Crippen molar-refractivity contribution in [2.24, 2.45) is 0 Å². The normalized spacial score (nSPS) is 12.8. The maximum atomic E-state index is 13.1. The van der Waals surface area contributed by atoms with Gasteiger partial charge in [0.15, 0.2) is 0 Å². The summed E-state index contributed by atoms with van der Waals surface area (Å²) in [5, 5.41) is 2.86. The number of fused-ring (bicyclic) bond motifs is 1. The number of benzene rings is 2. The van der Waals surface area contributed by atoms with Gasteiger partial charge in [0.05, 0.1) is 25.9 Å². The number of ether oxygens (including phenoxy) is 1. The van der Waals surface area contributed by atoms with E-state index in [-0.39, 0.29) is 24.9 Å². The van der Waals surface area contributed by atoms with Gasteiger partial charge >= 0.3 is 0 Å². The molecule has 0 spiro atoms. The molecule has 0 unspecified atom stereocenters. The molecule has 6 heteroatoms. The molecule has 0 aliphatic carbocycles. The van der Waals surface area contributed by atoms with Crippen LogP contribution in [0.1, 0.15) is 30.9 Å². The SMILES string of the molecule is CCCN(CC(=O)Nc1ccccc1OC)C(=O)CN1CCCc2cc(C)ccc21. The summed E-state index contributed by atoms with van der Waals surface area (Å²) in [6, 6.07) is 13.7. The maximum Gasteiger partial charge on any atom is 0.244 e. The number of hydrogen-bond donors (Lipinski definition) is 1. The Bertz CT molecular complexity index is 897. The lowest BCUT2D eigenvalue weighted by atomic mass is 9.99. The van der Waals surface area contributed by atoms with E-state index in [9.17, 15) is 9.59 Å². The Balaban J connectivity index is 1.66. The third kappa shape index (κ3) is 5.32. The zero-order valence-electron chi connectivity index (χ0n) is 18.1. The van der Waals surface area contributed by atoms with Crippen LogP contribution in [-0.2, 0) is 16.0 Å². The molecule has 0 saturated carbocycles. The number of anilines is 2. The highest BCUT2D eigenvalue weighted by Crippen LogP contribution is 2.28. The predicted molar refractivity (Wildman–Crippen MR) is 120 cm³/mol. The van der Waals surface area contributed by atoms with E-state index in [4.69, 9.17) is 4.74 Å². The maximum absolute atomic E-state index is 13.1. The van der Waals surface area contributed by atoms with Crippen molar-refractivity contribution in [2.45, 2.75) is 33.1 Å². The molecule has 1 aliphatic rings. The van der Waals surface area contributed by atoms with Crippen molar-refractivity contribution < 1.29 is 14.3 Å². The zero-order valence-corrected chi connectivity index (χ0v) is 18.1. The molecule has 2 amide bonds. The second-order valence-corrected chi connectivity index (χ2v) is 7.72. The highest BCUT2D eigenvalue weighted by Gasteiger charge is 2.23. The molecular weight excluding hydrogens is 378 g/mol. The number of nitrogens with one attached hydrogen (secondary N) is 1. The Morgan fingerprint density at radius 2 is 2.00 bits per heavy atom. The third-order valence-corrected chi connectivity index (χ3v) is 5.34. The molecule has 6 nitrogen and oxygen atoms in total. The van der Waals surface area contributed by atoms with Crippen molar-refractivity contribution in [3.63, 3.8) is 0 Å². The second-order valence-electron chi connectivity index (χ2n) is 7.72. The summed E-state index contributed by atoms with van der Waals surface area (Å²) in [5.41, 5.74) is 4.27. The van der Waals surface area contributed by atoms with E-state index in [0.717, 1.165) is 31.5 Å². The van der Waals surface area contributed by atoms with Crippen LogP contribution in [-0.4, -0.2) is 50.0 Å². The van der Waals surface area contributed by atoms with Crippen molar-refractivity contribution >= 4 is 23.2 Å². The summed E-state index contributed by atoms with van der Waals surface area (Å²) in [4.78, 5) is 29.5. The minimum Gasteiger partial charge on any atom is -0.495 e. The number of carbonyl (C=O) groups excluding carboxylic acids is 2. The molecule has 0 bridgehead atoms. The van der Waals surface area contributed by atoms with Crippen LogP contribution in [0.4, 0.5) is 11.4 Å². The number of nitrogens with zero attached hydrogens (tertiary/aromatic N) is 2. The molecule has 1 N–H and O–H groups in total. The number of aryl methyl sites for hydroxylation is 2. The second kappa shape index (κ2) is 10.1. The van der Waals surface area contributed by atoms with Crippen LogP contribution >= 0.6 is 0 Å². The Hall–Kier alpha value is -3.02. The molecule has 0 atom stereocenters. The molecule has 1 heterocycles. The molecule has 0 aromatic heterocycles. The first-order valence-electron chi connectivity index (χ1n) is 10.6. The van der Waals surface area contributed by atoms with Crippen molar-refractivity contribution in [3.8, 4) is 5.75 Å². The van der Waals surface area contributed by atoms with Gasteiger partial charge in [-0.05, 0) is 49.9 Å². The lowest BCUT2D eigenvalue weighted by molar-refractivity contribution is -0.133. The predicted octanol–water partition coefficient (Wildman–Crippen LogP) is 3.63. The number of carbonyl (C=O) groups is 2. The van der Waals surface area contributed by atoms with Crippen molar-refractivity contribution in [1.29, 1.82) is 0 Å². The van der Waals surface area contributed by atoms with Gasteiger partial charge in [0.25, 0.3) is 0 Å². The Morgan fingerprint density at radius 1 is 1.20 bits per heavy atom. The van der Waals surface area contributed by atoms with Crippen molar-refractivity contribution in [1.82, 2.24) is 4.90 Å². The van der Waals surface area contributed by atoms with E-state index in [0.29, 0.717) is 18.0 Å². The minimum absolute atomic E-state index is 0.0271. The molecule has 0 radical (unpaired) electrons. The molecule has 1 aliphatic heterocycles. The van der Waals surface area contributed by atoms with Crippen LogP contribution in [0, 0.1) is 6.92 Å². The largest absolute Gasteiger partial charge is 0.495 e. The van der Waals surface area contributed by atoms with Crippen LogP contribution in [0.2, 0.25) is 0 Å². The lowest BCUT2D eigenvalue weighted by Crippen LogP contribution is -2.45. The summed E-state index contributed by atoms with van der Waals surface area (Å²) in [6.45, 7) is 5.82. The summed E-state index contributed by atoms with van der Waals surface area (Å²) >= 11 is 0. The summed E-state index contributed by atoms with van der Waals surface area (Å²) in [6.07, 6.45) is 2.87. The molecule has 2 aromatic carbocycles. The van der Waals surface area contributed by atoms with Gasteiger partial charge in [-0.2, -0.15) is 0 Å². The molecule has 3 rings (SSSR count). The van der Waals surface area contributed by atoms with E-state index in [1.807, 2.05) is 19.1 Å². The standard InChI is InChI=1S/C24H31N3O3/c1-4-13-27(16-23(28)25-20-9-5-6-10-22(20)30-3)24(29)17-26-14-7-8-19-15-18(2)11-12-21(19)26/h5-6,9-12,15H,4,7-8,13-14,16-17H2,1-3H3,(H,25,28). The van der Waals surface area contributed by atoms with E-state index in [2.05, 4.69) is 35.3 Å². The fraction of sp³-hybridized carbons (Fsp3) is 0.417. The lowest BCUT2D eigenvalue weighted by Gasteiger charge is -2.33. The van der Waals surface area contributed by atoms with E-state index in [1.54, 1.807) is 24.1 Å². The molecule has 30 heavy (non-hydrogen) atoms. The van der Waals surface area contributed by atoms with Crippen LogP contribution in [0.25, 0.3) is 0 Å². The molecule has 0 fully saturated rings. The first-order chi connectivity index (χ1) is 14.5. The van der Waals surface area contributed by atoms with Gasteiger partial charge in [0.2, 0.25) is 11.8 Å². The van der Waals surface area contributed by atoms with Crippen LogP contribution < -0.4 is 15.0 Å². The fourth-order valence-corrected chi connectivity index (χ4v) is 3.90. The fourth-order valence-electron chi connectivity index (χ4n) is 3.90. The molecule has 0 saturated heterocycles. The number of amides is 2. The third-order valence-electron chi connectivity index (χ3n) is 5.34. The van der Waals surface area contributed by atoms with Gasteiger partial charge in [-0.1, -0.05) is 36.8 Å². The van der Waals surface area contributed by atoms with Crippen molar-refractivity contribution in [3.05, 3.63) is 53.6 Å².